The molecule has 0 aliphatic heterocycles. The molecule has 0 spiro atoms. The lowest BCUT2D eigenvalue weighted by molar-refractivity contribution is 0.696. The van der Waals surface area contributed by atoms with Gasteiger partial charge in [0.1, 0.15) is 5.82 Å². The Balaban J connectivity index is 0. The Kier molecular flexibility index (Phi) is 12.7. The number of nitrogens with zero attached hydrogens (tertiary/aromatic N) is 2. The fourth-order valence-corrected chi connectivity index (χ4v) is 1.14. The highest BCUT2D eigenvalue weighted by Crippen LogP contribution is 2.14. The Morgan fingerprint density at radius 3 is 2.26 bits per heavy atom. The number of allylic oxidation sites excluding steroid dienone is 5. The Morgan fingerprint density at radius 2 is 1.89 bits per heavy atom. The molecule has 0 radical (unpaired) electrons. The fourth-order valence-electron chi connectivity index (χ4n) is 1.14. The molecule has 1 heterocycles. The number of anilines is 2. The zero-order valence-electron chi connectivity index (χ0n) is 12.9. The maximum atomic E-state index is 5.74. The van der Waals surface area contributed by atoms with Gasteiger partial charge in [-0.3, -0.25) is 0 Å². The van der Waals surface area contributed by atoms with E-state index in [1.54, 1.807) is 17.0 Å². The fraction of sp³-hybridized carbons (Fsp3) is 0.400. The monoisotopic (exact) mass is 264 g/mol. The van der Waals surface area contributed by atoms with Crippen LogP contribution in [0.4, 0.5) is 11.5 Å². The first-order valence-corrected chi connectivity index (χ1v) is 6.70. The predicted molar refractivity (Wildman–Crippen MR) is 86.8 cm³/mol. The van der Waals surface area contributed by atoms with Crippen molar-refractivity contribution in [3.05, 3.63) is 42.7 Å². The van der Waals surface area contributed by atoms with Crippen molar-refractivity contribution < 1.29 is 0 Å². The summed E-state index contributed by atoms with van der Waals surface area (Å²) >= 11 is 0. The van der Waals surface area contributed by atoms with Crippen molar-refractivity contribution in [2.45, 2.75) is 41.2 Å². The molecule has 0 fully saturated rings. The van der Waals surface area contributed by atoms with E-state index in [1.807, 2.05) is 52.8 Å². The molecule has 1 aromatic rings. The molecule has 0 bridgehead atoms. The second-order valence-corrected chi connectivity index (χ2v) is 3.10. The van der Waals surface area contributed by atoms with Gasteiger partial charge in [-0.1, -0.05) is 58.6 Å². The van der Waals surface area contributed by atoms with Gasteiger partial charge in [-0.2, -0.15) is 5.10 Å². The van der Waals surface area contributed by atoms with Crippen LogP contribution in [-0.2, 0) is 6.54 Å². The number of hydrogen-bond donors (Lipinski definition) is 2. The van der Waals surface area contributed by atoms with E-state index in [9.17, 15) is 0 Å². The normalized spacial score (nSPS) is 10.3. The van der Waals surface area contributed by atoms with E-state index in [0.717, 1.165) is 5.57 Å². The van der Waals surface area contributed by atoms with Gasteiger partial charge in [-0.15, -0.1) is 0 Å². The minimum absolute atomic E-state index is 0.501. The highest BCUT2D eigenvalue weighted by Gasteiger charge is 2.03. The van der Waals surface area contributed by atoms with Crippen LogP contribution in [0.5, 0.6) is 0 Å². The third-order valence-electron chi connectivity index (χ3n) is 2.06. The van der Waals surface area contributed by atoms with Crippen molar-refractivity contribution in [1.82, 2.24) is 9.78 Å². The van der Waals surface area contributed by atoms with Crippen molar-refractivity contribution in [3.8, 4) is 0 Å². The van der Waals surface area contributed by atoms with Gasteiger partial charge in [-0.05, 0) is 12.5 Å². The predicted octanol–water partition coefficient (Wildman–Crippen LogP) is 3.79. The lowest BCUT2D eigenvalue weighted by Crippen LogP contribution is -2.06. The van der Waals surface area contributed by atoms with E-state index < -0.39 is 0 Å². The van der Waals surface area contributed by atoms with Crippen LogP contribution in [0.3, 0.4) is 0 Å². The molecule has 0 saturated carbocycles. The first-order valence-electron chi connectivity index (χ1n) is 6.70. The largest absolute Gasteiger partial charge is 0.394 e. The number of nitrogens with two attached hydrogens (primary N) is 2. The Bertz CT molecular complexity index is 400. The summed E-state index contributed by atoms with van der Waals surface area (Å²) in [4.78, 5) is 0. The smallest absolute Gasteiger partial charge is 0.145 e. The van der Waals surface area contributed by atoms with Crippen LogP contribution in [0.2, 0.25) is 0 Å². The molecule has 4 N–H and O–H groups in total. The zero-order valence-corrected chi connectivity index (χ0v) is 12.9. The maximum absolute atomic E-state index is 5.74. The van der Waals surface area contributed by atoms with E-state index in [0.29, 0.717) is 18.1 Å². The molecule has 0 unspecified atom stereocenters. The Hall–Kier alpha value is -1.97. The minimum Gasteiger partial charge on any atom is -0.394 e. The second kappa shape index (κ2) is 12.5. The molecule has 4 heteroatoms. The van der Waals surface area contributed by atoms with Gasteiger partial charge in [0, 0.05) is 0 Å². The van der Waals surface area contributed by atoms with Crippen molar-refractivity contribution in [3.63, 3.8) is 0 Å². The third-order valence-corrected chi connectivity index (χ3v) is 2.06. The van der Waals surface area contributed by atoms with Crippen molar-refractivity contribution in [2.24, 2.45) is 0 Å². The molecule has 0 saturated heterocycles. The number of nitrogen functional groups attached to an aromatic ring is 2. The Morgan fingerprint density at radius 1 is 1.32 bits per heavy atom. The van der Waals surface area contributed by atoms with Crippen LogP contribution >= 0.6 is 0 Å². The van der Waals surface area contributed by atoms with Gasteiger partial charge in [0.05, 0.1) is 18.4 Å². The van der Waals surface area contributed by atoms with Crippen LogP contribution in [0, 0.1) is 0 Å². The maximum Gasteiger partial charge on any atom is 0.145 e. The summed E-state index contributed by atoms with van der Waals surface area (Å²) in [5.41, 5.74) is 12.9. The van der Waals surface area contributed by atoms with Crippen molar-refractivity contribution in [2.75, 3.05) is 11.5 Å². The molecule has 4 nitrogen and oxygen atoms in total. The number of hydrogen-bond acceptors (Lipinski definition) is 3. The van der Waals surface area contributed by atoms with Gasteiger partial charge in [0.2, 0.25) is 0 Å². The topological polar surface area (TPSA) is 69.9 Å². The van der Waals surface area contributed by atoms with E-state index in [1.165, 1.54) is 0 Å². The minimum atomic E-state index is 0.501. The molecule has 0 aliphatic rings. The van der Waals surface area contributed by atoms with Gasteiger partial charge in [-0.25, -0.2) is 4.68 Å². The van der Waals surface area contributed by atoms with Gasteiger partial charge in [0.15, 0.2) is 0 Å². The molecule has 0 atom stereocenters. The van der Waals surface area contributed by atoms with E-state index in [-0.39, 0.29) is 0 Å². The highest BCUT2D eigenvalue weighted by atomic mass is 15.3. The molecule has 19 heavy (non-hydrogen) atoms. The quantitative estimate of drug-likeness (QED) is 0.813. The van der Waals surface area contributed by atoms with Crippen LogP contribution in [0.15, 0.2) is 42.7 Å². The standard InChI is InChI=1S/C11H16N4.2C2H6/c1-3-5-6-9(4-2)8-15-11(13)10(12)7-14-15;2*1-2/h3-7H,1,8,12-13H2,2H3;2*1-2H3/b6-5-,9-4+;;. The molecular weight excluding hydrogens is 236 g/mol. The number of rotatable bonds is 4. The lowest BCUT2D eigenvalue weighted by Gasteiger charge is -2.04. The van der Waals surface area contributed by atoms with Gasteiger partial charge in [0.25, 0.3) is 0 Å². The van der Waals surface area contributed by atoms with Crippen molar-refractivity contribution >= 4 is 11.5 Å². The lowest BCUT2D eigenvalue weighted by atomic mass is 10.2. The van der Waals surface area contributed by atoms with Gasteiger partial charge >= 0.3 is 0 Å². The molecule has 0 aliphatic carbocycles. The molecule has 108 valence electrons. The molecule has 1 rings (SSSR count). The highest BCUT2D eigenvalue weighted by molar-refractivity contribution is 5.57. The molecule has 0 amide bonds. The summed E-state index contributed by atoms with van der Waals surface area (Å²) in [7, 11) is 0. The molecule has 0 aromatic carbocycles. The average Bonchev–Trinajstić information content (AvgIpc) is 2.79. The molecular formula is C15H28N4. The summed E-state index contributed by atoms with van der Waals surface area (Å²) in [5, 5.41) is 4.08. The third kappa shape index (κ3) is 7.13. The van der Waals surface area contributed by atoms with Crippen LogP contribution in [0.1, 0.15) is 34.6 Å². The van der Waals surface area contributed by atoms with Crippen LogP contribution < -0.4 is 11.5 Å². The SMILES string of the molecule is C=C/C=C\C(=C/C)Cn1ncc(N)c1N.CC.CC. The van der Waals surface area contributed by atoms with Crippen molar-refractivity contribution in [1.29, 1.82) is 0 Å². The average molecular weight is 264 g/mol. The summed E-state index contributed by atoms with van der Waals surface area (Å²) < 4.78 is 1.66. The summed E-state index contributed by atoms with van der Waals surface area (Å²) in [5.74, 6) is 0.501. The van der Waals surface area contributed by atoms with E-state index in [2.05, 4.69) is 11.7 Å². The van der Waals surface area contributed by atoms with E-state index in [4.69, 9.17) is 11.5 Å². The summed E-state index contributed by atoms with van der Waals surface area (Å²) in [6.07, 6.45) is 9.12. The van der Waals surface area contributed by atoms with E-state index >= 15 is 0 Å². The summed E-state index contributed by atoms with van der Waals surface area (Å²) in [6, 6.07) is 0. The second-order valence-electron chi connectivity index (χ2n) is 3.10. The zero-order chi connectivity index (χ0) is 15.3. The number of aromatic nitrogens is 2. The Labute approximate surface area is 117 Å². The first kappa shape index (κ1) is 19.4. The van der Waals surface area contributed by atoms with Gasteiger partial charge < -0.3 is 11.5 Å². The first-order chi connectivity index (χ1) is 9.19. The molecule has 1 aromatic heterocycles. The van der Waals surface area contributed by atoms with Crippen LogP contribution in [0.25, 0.3) is 0 Å². The van der Waals surface area contributed by atoms with Crippen LogP contribution in [-0.4, -0.2) is 9.78 Å². The summed E-state index contributed by atoms with van der Waals surface area (Å²) in [6.45, 7) is 14.2.